The number of piperidine rings is 1. The fourth-order valence-corrected chi connectivity index (χ4v) is 9.74. The minimum atomic E-state index is -3.37. The van der Waals surface area contributed by atoms with Crippen LogP contribution in [0.3, 0.4) is 0 Å². The lowest BCUT2D eigenvalue weighted by Crippen LogP contribution is -2.57. The fourth-order valence-electron chi connectivity index (χ4n) is 9.11. The van der Waals surface area contributed by atoms with Crippen molar-refractivity contribution < 1.29 is 41.9 Å². The third kappa shape index (κ3) is 10.7. The molecule has 4 N–H and O–H groups in total. The minimum absolute atomic E-state index is 0.108. The molecule has 0 aliphatic carbocycles. The number of carbonyl (C=O) groups is 6. The predicted molar refractivity (Wildman–Crippen MR) is 246 cm³/mol. The zero-order valence-corrected chi connectivity index (χ0v) is 39.1. The van der Waals surface area contributed by atoms with Crippen LogP contribution in [0.2, 0.25) is 0 Å². The monoisotopic (exact) mass is 925 g/mol. The van der Waals surface area contributed by atoms with E-state index < -0.39 is 69.3 Å². The molecule has 4 aromatic rings. The summed E-state index contributed by atoms with van der Waals surface area (Å²) in [4.78, 5) is 93.6. The zero-order valence-electron chi connectivity index (χ0n) is 38.3. The predicted octanol–water partition coefficient (Wildman–Crippen LogP) is 3.99. The van der Waals surface area contributed by atoms with Crippen LogP contribution >= 0.6 is 0 Å². The van der Waals surface area contributed by atoms with Crippen molar-refractivity contribution in [2.75, 3.05) is 11.2 Å². The molecule has 1 aromatic heterocycles. The first-order valence-electron chi connectivity index (χ1n) is 22.6. The number of nitrogens with one attached hydrogen (secondary N) is 4. The van der Waals surface area contributed by atoms with Crippen LogP contribution in [-0.2, 0) is 77.8 Å². The molecule has 0 spiro atoms. The normalized spacial score (nSPS) is 18.9. The molecule has 0 bridgehead atoms. The summed E-state index contributed by atoms with van der Waals surface area (Å²) in [5.74, 6) is -2.21. The maximum Gasteiger partial charge on any atom is 0.408 e. The number of rotatable bonds is 15. The van der Waals surface area contributed by atoms with Gasteiger partial charge in [0.15, 0.2) is 9.84 Å². The van der Waals surface area contributed by atoms with Crippen LogP contribution in [0.5, 0.6) is 0 Å². The SMILES string of the molecule is C[C@H](NC(=O)[C@@H]1Cc2cc(CCCCCCc3ccc4c(c3)n(C)c(=O)n4C3CCC(=O)NC3=O)cc3c2N1C(=O)[C@@H](NC(=O)OC(C)(C)C)CC3)C(=O)NCc1ccc(S(C)(=O)=O)cc1. The first-order chi connectivity index (χ1) is 31.2. The number of fused-ring (bicyclic) bond motifs is 1. The van der Waals surface area contributed by atoms with E-state index in [-0.39, 0.29) is 42.3 Å². The number of hydrogen-bond donors (Lipinski definition) is 4. The summed E-state index contributed by atoms with van der Waals surface area (Å²) in [5, 5.41) is 10.7. The Bertz CT molecular complexity index is 2750. The molecule has 7 rings (SSSR count). The summed E-state index contributed by atoms with van der Waals surface area (Å²) in [6.07, 6.45) is 7.19. The van der Waals surface area contributed by atoms with Crippen molar-refractivity contribution in [3.05, 3.63) is 92.9 Å². The molecule has 4 atom stereocenters. The Labute approximate surface area is 383 Å². The minimum Gasteiger partial charge on any atom is -0.444 e. The zero-order chi connectivity index (χ0) is 47.7. The molecule has 1 saturated heterocycles. The van der Waals surface area contributed by atoms with Gasteiger partial charge in [-0.1, -0.05) is 43.2 Å². The van der Waals surface area contributed by atoms with E-state index in [0.717, 1.165) is 72.6 Å². The molecule has 17 nitrogen and oxygen atoms in total. The van der Waals surface area contributed by atoms with E-state index >= 15 is 0 Å². The molecule has 1 unspecified atom stereocenters. The van der Waals surface area contributed by atoms with Crippen LogP contribution in [0.15, 0.2) is 64.3 Å². The molecular formula is C48H59N7O10S. The number of aromatic nitrogens is 2. The van der Waals surface area contributed by atoms with Crippen LogP contribution in [0.4, 0.5) is 10.5 Å². The van der Waals surface area contributed by atoms with Crippen molar-refractivity contribution in [1.82, 2.24) is 30.4 Å². The number of ether oxygens (including phenoxy) is 1. The van der Waals surface area contributed by atoms with E-state index in [0.29, 0.717) is 29.6 Å². The quantitative estimate of drug-likeness (QED) is 0.0992. The highest BCUT2D eigenvalue weighted by atomic mass is 32.2. The summed E-state index contributed by atoms with van der Waals surface area (Å²) in [5.41, 5.74) is 5.56. The maximum absolute atomic E-state index is 14.3. The lowest BCUT2D eigenvalue weighted by atomic mass is 9.95. The van der Waals surface area contributed by atoms with E-state index in [4.69, 9.17) is 4.74 Å². The molecule has 66 heavy (non-hydrogen) atoms. The van der Waals surface area contributed by atoms with Crippen molar-refractivity contribution in [1.29, 1.82) is 0 Å². The van der Waals surface area contributed by atoms with Crippen LogP contribution in [0.25, 0.3) is 11.0 Å². The van der Waals surface area contributed by atoms with Gasteiger partial charge >= 0.3 is 11.8 Å². The molecule has 18 heteroatoms. The third-order valence-electron chi connectivity index (χ3n) is 12.5. The number of anilines is 1. The van der Waals surface area contributed by atoms with Gasteiger partial charge in [-0.2, -0.15) is 0 Å². The second-order valence-corrected chi connectivity index (χ2v) is 20.7. The molecule has 1 fully saturated rings. The van der Waals surface area contributed by atoms with Crippen molar-refractivity contribution >= 4 is 62.2 Å². The average molecular weight is 926 g/mol. The Morgan fingerprint density at radius 2 is 1.52 bits per heavy atom. The molecular weight excluding hydrogens is 867 g/mol. The number of amides is 6. The summed E-state index contributed by atoms with van der Waals surface area (Å²) >= 11 is 0. The van der Waals surface area contributed by atoms with E-state index in [1.807, 2.05) is 18.2 Å². The number of benzene rings is 3. The van der Waals surface area contributed by atoms with Crippen LogP contribution < -0.4 is 31.9 Å². The Kier molecular flexibility index (Phi) is 13.9. The van der Waals surface area contributed by atoms with Gasteiger partial charge in [-0.25, -0.2) is 18.0 Å². The van der Waals surface area contributed by atoms with E-state index in [1.54, 1.807) is 51.4 Å². The second-order valence-electron chi connectivity index (χ2n) is 18.7. The second kappa shape index (κ2) is 19.3. The Morgan fingerprint density at radius 1 is 0.848 bits per heavy atom. The molecule has 3 aliphatic rings. The van der Waals surface area contributed by atoms with Gasteiger partial charge in [0.2, 0.25) is 29.5 Å². The largest absolute Gasteiger partial charge is 0.444 e. The van der Waals surface area contributed by atoms with Gasteiger partial charge in [0.25, 0.3) is 0 Å². The van der Waals surface area contributed by atoms with Gasteiger partial charge in [-0.3, -0.25) is 43.3 Å². The topological polar surface area (TPSA) is 224 Å². The number of imide groups is 1. The van der Waals surface area contributed by atoms with Gasteiger partial charge in [0.1, 0.15) is 29.8 Å². The van der Waals surface area contributed by atoms with Crippen LogP contribution in [-0.4, -0.2) is 83.2 Å². The molecule has 0 saturated carbocycles. The number of aryl methyl sites for hydroxylation is 4. The van der Waals surface area contributed by atoms with E-state index in [1.165, 1.54) is 21.6 Å². The first kappa shape index (κ1) is 47.7. The number of sulfone groups is 1. The van der Waals surface area contributed by atoms with Gasteiger partial charge in [-0.05, 0) is 125 Å². The van der Waals surface area contributed by atoms with Gasteiger partial charge in [-0.15, -0.1) is 0 Å². The Hall–Kier alpha value is -6.30. The number of imidazole rings is 1. The lowest BCUT2D eigenvalue weighted by Gasteiger charge is -2.29. The van der Waals surface area contributed by atoms with Crippen molar-refractivity contribution in [2.45, 2.75) is 140 Å². The van der Waals surface area contributed by atoms with Gasteiger partial charge in [0.05, 0.1) is 21.6 Å². The molecule has 3 aromatic carbocycles. The number of alkyl carbamates (subject to hydrolysis) is 1. The molecule has 3 aliphatic heterocycles. The van der Waals surface area contributed by atoms with Crippen molar-refractivity contribution in [2.24, 2.45) is 7.05 Å². The van der Waals surface area contributed by atoms with Crippen LogP contribution in [0, 0.1) is 0 Å². The number of unbranched alkanes of at least 4 members (excludes halogenated alkanes) is 3. The highest BCUT2D eigenvalue weighted by Crippen LogP contribution is 2.40. The highest BCUT2D eigenvalue weighted by molar-refractivity contribution is 7.90. The third-order valence-corrected chi connectivity index (χ3v) is 13.6. The summed E-state index contributed by atoms with van der Waals surface area (Å²) in [6.45, 7) is 6.86. The van der Waals surface area contributed by atoms with E-state index in [9.17, 15) is 42.0 Å². The van der Waals surface area contributed by atoms with E-state index in [2.05, 4.69) is 33.4 Å². The molecule has 4 heterocycles. The van der Waals surface area contributed by atoms with Crippen molar-refractivity contribution in [3.8, 4) is 0 Å². The van der Waals surface area contributed by atoms with Gasteiger partial charge < -0.3 is 20.7 Å². The molecule has 6 amide bonds. The average Bonchev–Trinajstić information content (AvgIpc) is 3.71. The Morgan fingerprint density at radius 3 is 2.18 bits per heavy atom. The highest BCUT2D eigenvalue weighted by Gasteiger charge is 2.45. The maximum atomic E-state index is 14.3. The fraction of sp³-hybridized carbons (Fsp3) is 0.479. The first-order valence-corrected chi connectivity index (χ1v) is 24.5. The Balaban J connectivity index is 0.986. The summed E-state index contributed by atoms with van der Waals surface area (Å²) in [7, 11) is -1.68. The number of hydrogen-bond acceptors (Lipinski definition) is 10. The molecule has 352 valence electrons. The summed E-state index contributed by atoms with van der Waals surface area (Å²) < 4.78 is 32.2. The lowest BCUT2D eigenvalue weighted by molar-refractivity contribution is -0.135. The smallest absolute Gasteiger partial charge is 0.408 e. The number of carbonyl (C=O) groups excluding carboxylic acids is 6. The molecule has 0 radical (unpaired) electrons. The van der Waals surface area contributed by atoms with Gasteiger partial charge in [0, 0.05) is 32.7 Å². The number of nitrogens with zero attached hydrogens (tertiary/aromatic N) is 3. The standard InChI is InChI=1S/C48H59N7O10S/c1-28(42(57)49-27-30-13-17-34(18-14-30)66(6,63)64)50-44(59)39-26-33-24-31(23-32-16-19-35(45(60)55(39)41(32)33)51-46(61)65-48(2,3)4)12-10-8-7-9-11-29-15-20-36-38(25-29)53(5)47(62)54(36)37-21-22-40(56)52-43(37)58/h13-15,17-18,20,23-25,28,35,37,39H,7-12,16,19,21-22,26-27H2,1-6H3,(H,49,57)(H,50,59)(H,51,61)(H,52,56,58)/t28-,35-,37?,39-/m0/s1. The van der Waals surface area contributed by atoms with Crippen molar-refractivity contribution in [3.63, 3.8) is 0 Å². The summed E-state index contributed by atoms with van der Waals surface area (Å²) in [6, 6.07) is 12.5. The van der Waals surface area contributed by atoms with Crippen LogP contribution in [0.1, 0.15) is 106 Å².